The smallest absolute Gasteiger partial charge is 0.225 e. The van der Waals surface area contributed by atoms with E-state index in [1.165, 1.54) is 24.3 Å². The average molecular weight is 414 g/mol. The summed E-state index contributed by atoms with van der Waals surface area (Å²) in [5.74, 6) is 2.43. The number of piperidine rings is 1. The van der Waals surface area contributed by atoms with Crippen LogP contribution in [0.4, 0.5) is 5.95 Å². The molecule has 2 aliphatic rings. The van der Waals surface area contributed by atoms with Crippen LogP contribution in [0.3, 0.4) is 0 Å². The van der Waals surface area contributed by atoms with E-state index in [0.717, 1.165) is 44.6 Å². The monoisotopic (exact) mass is 413 g/mol. The Kier molecular flexibility index (Phi) is 6.61. The number of nitrogens with zero attached hydrogens (tertiary/aromatic N) is 6. The van der Waals surface area contributed by atoms with Crippen molar-refractivity contribution >= 4 is 23.2 Å². The van der Waals surface area contributed by atoms with E-state index >= 15 is 0 Å². The number of hydrogen-bond donors (Lipinski definition) is 1. The van der Waals surface area contributed by atoms with Crippen molar-refractivity contribution in [3.63, 3.8) is 0 Å². The number of aliphatic imine (C=N–C) groups is 1. The zero-order valence-corrected chi connectivity index (χ0v) is 18.2. The van der Waals surface area contributed by atoms with Gasteiger partial charge in [-0.05, 0) is 49.9 Å². The largest absolute Gasteiger partial charge is 0.356 e. The van der Waals surface area contributed by atoms with E-state index < -0.39 is 0 Å². The second-order valence-electron chi connectivity index (χ2n) is 7.79. The normalized spacial score (nSPS) is 24.0. The molecule has 2 fully saturated rings. The molecule has 0 bridgehead atoms. The molecule has 8 heteroatoms. The van der Waals surface area contributed by atoms with Crippen molar-refractivity contribution in [2.24, 2.45) is 10.9 Å². The quantitative estimate of drug-likeness (QED) is 0.613. The van der Waals surface area contributed by atoms with Gasteiger partial charge in [0, 0.05) is 63.1 Å². The van der Waals surface area contributed by atoms with Crippen molar-refractivity contribution in [2.45, 2.75) is 18.9 Å². The Morgan fingerprint density at radius 1 is 1.17 bits per heavy atom. The molecule has 2 aliphatic heterocycles. The molecule has 2 aromatic heterocycles. The summed E-state index contributed by atoms with van der Waals surface area (Å²) in [7, 11) is 4.15. The summed E-state index contributed by atoms with van der Waals surface area (Å²) in [5, 5.41) is 5.87. The Labute approximate surface area is 177 Å². The number of thiophene rings is 1. The molecule has 2 saturated heterocycles. The first-order valence-corrected chi connectivity index (χ1v) is 11.4. The van der Waals surface area contributed by atoms with Crippen molar-refractivity contribution in [1.29, 1.82) is 0 Å². The lowest BCUT2D eigenvalue weighted by Crippen LogP contribution is -2.54. The maximum atomic E-state index is 4.57. The van der Waals surface area contributed by atoms with Gasteiger partial charge in [0.1, 0.15) is 0 Å². The highest BCUT2D eigenvalue weighted by atomic mass is 32.1. The van der Waals surface area contributed by atoms with Gasteiger partial charge in [0.25, 0.3) is 0 Å². The summed E-state index contributed by atoms with van der Waals surface area (Å²) >= 11 is 1.88. The summed E-state index contributed by atoms with van der Waals surface area (Å²) in [6.07, 6.45) is 6.13. The van der Waals surface area contributed by atoms with E-state index in [-0.39, 0.29) is 0 Å². The van der Waals surface area contributed by atoms with E-state index in [4.69, 9.17) is 0 Å². The molecule has 4 heterocycles. The maximum absolute atomic E-state index is 4.57. The van der Waals surface area contributed by atoms with Crippen LogP contribution in [0.1, 0.15) is 23.8 Å². The highest BCUT2D eigenvalue weighted by Gasteiger charge is 2.31. The number of likely N-dealkylation sites (tertiary alicyclic amines) is 1. The third-order valence-corrected chi connectivity index (χ3v) is 6.93. The molecule has 0 amide bonds. The minimum Gasteiger partial charge on any atom is -0.356 e. The summed E-state index contributed by atoms with van der Waals surface area (Å²) < 4.78 is 0. The van der Waals surface area contributed by atoms with Crippen LogP contribution < -0.4 is 10.2 Å². The van der Waals surface area contributed by atoms with Crippen LogP contribution in [0.15, 0.2) is 41.0 Å². The van der Waals surface area contributed by atoms with Crippen LogP contribution in [0, 0.1) is 5.92 Å². The topological polar surface area (TPSA) is 59.9 Å². The average Bonchev–Trinajstić information content (AvgIpc) is 3.30. The minimum atomic E-state index is 0.501. The van der Waals surface area contributed by atoms with Gasteiger partial charge in [-0.2, -0.15) is 0 Å². The molecule has 0 spiro atoms. The van der Waals surface area contributed by atoms with Gasteiger partial charge in [-0.1, -0.05) is 6.07 Å². The molecule has 0 radical (unpaired) electrons. The summed E-state index contributed by atoms with van der Waals surface area (Å²) in [6, 6.07) is 6.81. The molecule has 0 saturated carbocycles. The molecular weight excluding hydrogens is 382 g/mol. The van der Waals surface area contributed by atoms with E-state index in [9.17, 15) is 0 Å². The first-order valence-electron chi connectivity index (χ1n) is 10.5. The highest BCUT2D eigenvalue weighted by molar-refractivity contribution is 7.10. The molecule has 0 aromatic carbocycles. The molecule has 2 atom stereocenters. The van der Waals surface area contributed by atoms with Crippen LogP contribution in [-0.2, 0) is 0 Å². The molecule has 4 rings (SSSR count). The van der Waals surface area contributed by atoms with Crippen LogP contribution in [0.2, 0.25) is 0 Å². The van der Waals surface area contributed by atoms with Crippen LogP contribution in [-0.4, -0.2) is 79.1 Å². The minimum absolute atomic E-state index is 0.501. The predicted molar refractivity (Wildman–Crippen MR) is 120 cm³/mol. The second kappa shape index (κ2) is 9.54. The predicted octanol–water partition coefficient (Wildman–Crippen LogP) is 2.32. The second-order valence-corrected chi connectivity index (χ2v) is 8.77. The molecular formula is C21H31N7S. The summed E-state index contributed by atoms with van der Waals surface area (Å²) in [6.45, 7) is 5.82. The SMILES string of the molecule is CN=C(NCC1CCCN(C)C1c1cccs1)N1CCN(c2ncccn2)CC1. The zero-order chi connectivity index (χ0) is 20.1. The Hall–Kier alpha value is -2.19. The van der Waals surface area contributed by atoms with Crippen molar-refractivity contribution in [3.05, 3.63) is 40.8 Å². The molecule has 29 heavy (non-hydrogen) atoms. The number of aromatic nitrogens is 2. The number of guanidine groups is 1. The highest BCUT2D eigenvalue weighted by Crippen LogP contribution is 2.36. The van der Waals surface area contributed by atoms with E-state index in [1.54, 1.807) is 12.4 Å². The third-order valence-electron chi connectivity index (χ3n) is 5.99. The van der Waals surface area contributed by atoms with Gasteiger partial charge < -0.3 is 15.1 Å². The lowest BCUT2D eigenvalue weighted by molar-refractivity contribution is 0.124. The Morgan fingerprint density at radius 3 is 2.66 bits per heavy atom. The third kappa shape index (κ3) is 4.70. The van der Waals surface area contributed by atoms with E-state index in [0.29, 0.717) is 12.0 Å². The van der Waals surface area contributed by atoms with Crippen LogP contribution in [0.25, 0.3) is 0 Å². The number of hydrogen-bond acceptors (Lipinski definition) is 6. The fourth-order valence-corrected chi connectivity index (χ4v) is 5.49. The molecule has 0 aliphatic carbocycles. The molecule has 7 nitrogen and oxygen atoms in total. The maximum Gasteiger partial charge on any atom is 0.225 e. The standard InChI is InChI=1S/C21H31N7S/c1-22-20(27-11-13-28(14-12-27)21-23-8-5-9-24-21)25-16-17-6-3-10-26(2)19(17)18-7-4-15-29-18/h4-5,7-9,15,17,19H,3,6,10-14,16H2,1-2H3,(H,22,25). The van der Waals surface area contributed by atoms with Crippen LogP contribution >= 0.6 is 11.3 Å². The van der Waals surface area contributed by atoms with Crippen LogP contribution in [0.5, 0.6) is 0 Å². The number of nitrogens with one attached hydrogen (secondary N) is 1. The zero-order valence-electron chi connectivity index (χ0n) is 17.4. The van der Waals surface area contributed by atoms with Gasteiger partial charge in [0.05, 0.1) is 0 Å². The Morgan fingerprint density at radius 2 is 1.97 bits per heavy atom. The lowest BCUT2D eigenvalue weighted by atomic mass is 9.88. The van der Waals surface area contributed by atoms with E-state index in [2.05, 4.69) is 59.5 Å². The van der Waals surface area contributed by atoms with Gasteiger partial charge in [-0.25, -0.2) is 9.97 Å². The first kappa shape index (κ1) is 20.1. The van der Waals surface area contributed by atoms with E-state index in [1.807, 2.05) is 24.5 Å². The van der Waals surface area contributed by atoms with Gasteiger partial charge in [-0.3, -0.25) is 9.89 Å². The lowest BCUT2D eigenvalue weighted by Gasteiger charge is -2.40. The number of anilines is 1. The van der Waals surface area contributed by atoms with Gasteiger partial charge in [0.2, 0.25) is 5.95 Å². The fraction of sp³-hybridized carbons (Fsp3) is 0.571. The van der Waals surface area contributed by atoms with Crippen molar-refractivity contribution in [3.8, 4) is 0 Å². The van der Waals surface area contributed by atoms with Gasteiger partial charge in [-0.15, -0.1) is 11.3 Å². The van der Waals surface area contributed by atoms with Crippen molar-refractivity contribution in [1.82, 2.24) is 25.1 Å². The van der Waals surface area contributed by atoms with Gasteiger partial charge in [0.15, 0.2) is 5.96 Å². The summed E-state index contributed by atoms with van der Waals surface area (Å²) in [5.41, 5.74) is 0. The molecule has 156 valence electrons. The number of rotatable bonds is 4. The Balaban J connectivity index is 1.34. The summed E-state index contributed by atoms with van der Waals surface area (Å²) in [4.78, 5) is 21.9. The molecule has 2 aromatic rings. The van der Waals surface area contributed by atoms with Crippen molar-refractivity contribution < 1.29 is 0 Å². The fourth-order valence-electron chi connectivity index (χ4n) is 4.51. The Bertz CT molecular complexity index is 772. The molecule has 1 N–H and O–H groups in total. The molecule has 2 unspecified atom stereocenters. The van der Waals surface area contributed by atoms with Crippen molar-refractivity contribution in [2.75, 3.05) is 58.3 Å². The van der Waals surface area contributed by atoms with Gasteiger partial charge >= 0.3 is 0 Å². The first-order chi connectivity index (χ1) is 14.3. The number of piperazine rings is 1.